The Morgan fingerprint density at radius 2 is 2.31 bits per heavy atom. The smallest absolute Gasteiger partial charge is 0.259 e. The van der Waals surface area contributed by atoms with Gasteiger partial charge in [-0.25, -0.2) is 4.98 Å². The summed E-state index contributed by atoms with van der Waals surface area (Å²) in [6.45, 7) is 5.08. The van der Waals surface area contributed by atoms with Gasteiger partial charge in [-0.15, -0.1) is 0 Å². The van der Waals surface area contributed by atoms with Crippen molar-refractivity contribution in [1.29, 1.82) is 0 Å². The second-order valence-electron chi connectivity index (χ2n) is 7.38. The summed E-state index contributed by atoms with van der Waals surface area (Å²) in [6.07, 6.45) is 7.18. The summed E-state index contributed by atoms with van der Waals surface area (Å²) in [5, 5.41) is 12.8. The number of nitrogens with one attached hydrogen (secondary N) is 1. The molecule has 1 aliphatic carbocycles. The Morgan fingerprint density at radius 3 is 2.96 bits per heavy atom. The first-order valence-electron chi connectivity index (χ1n) is 9.47. The van der Waals surface area contributed by atoms with Crippen LogP contribution in [0.5, 0.6) is 5.88 Å². The van der Waals surface area contributed by atoms with Crippen LogP contribution in [0.2, 0.25) is 0 Å². The molecule has 0 saturated carbocycles. The Balaban J connectivity index is 2.03. The number of aliphatic hydroxyl groups excluding tert-OH is 1. The maximum Gasteiger partial charge on any atom is 0.259 e. The predicted molar refractivity (Wildman–Crippen MR) is 101 cm³/mol. The van der Waals surface area contributed by atoms with Crippen molar-refractivity contribution in [3.8, 4) is 5.88 Å². The average Bonchev–Trinajstić information content (AvgIpc) is 3.18. The zero-order chi connectivity index (χ0) is 18.7. The van der Waals surface area contributed by atoms with Crippen molar-refractivity contribution in [2.75, 3.05) is 26.7 Å². The lowest BCUT2D eigenvalue weighted by molar-refractivity contribution is 0.0404. The van der Waals surface area contributed by atoms with Gasteiger partial charge in [-0.2, -0.15) is 0 Å². The maximum absolute atomic E-state index is 13.2. The normalized spacial score (nSPS) is 24.4. The predicted octanol–water partition coefficient (Wildman–Crippen LogP) is 2.09. The van der Waals surface area contributed by atoms with Crippen molar-refractivity contribution in [3.63, 3.8) is 0 Å². The molecule has 1 aromatic heterocycles. The zero-order valence-electron chi connectivity index (χ0n) is 15.9. The number of aliphatic hydroxyl groups is 1. The van der Waals surface area contributed by atoms with Gasteiger partial charge in [0, 0.05) is 25.2 Å². The standard InChI is InChI=1S/C20H29N3O3/c1-13-11-23(14(2)12-24)20(25)17-8-16(15-6-4-5-7-15)9-22-19(17)26-18(13)10-21-3/h6,8-9,13-14,18,21,24H,4-5,7,10-12H2,1-3H3/t13-,14-,18-/m1/s1. The van der Waals surface area contributed by atoms with Crippen molar-refractivity contribution < 1.29 is 14.6 Å². The fraction of sp³-hybridized carbons (Fsp3) is 0.600. The third-order valence-corrected chi connectivity index (χ3v) is 5.34. The number of pyridine rings is 1. The van der Waals surface area contributed by atoms with E-state index in [0.29, 0.717) is 24.5 Å². The van der Waals surface area contributed by atoms with Crippen LogP contribution in [0.4, 0.5) is 0 Å². The lowest BCUT2D eigenvalue weighted by Crippen LogP contribution is -2.49. The van der Waals surface area contributed by atoms with E-state index in [0.717, 1.165) is 24.8 Å². The van der Waals surface area contributed by atoms with Gasteiger partial charge in [0.1, 0.15) is 11.7 Å². The van der Waals surface area contributed by atoms with Gasteiger partial charge in [0.15, 0.2) is 0 Å². The summed E-state index contributed by atoms with van der Waals surface area (Å²) in [6, 6.07) is 1.66. The first kappa shape index (κ1) is 18.9. The Hall–Kier alpha value is -1.92. The molecule has 1 amide bonds. The summed E-state index contributed by atoms with van der Waals surface area (Å²) in [5.74, 6) is 0.385. The van der Waals surface area contributed by atoms with E-state index in [9.17, 15) is 9.90 Å². The molecule has 2 aliphatic rings. The van der Waals surface area contributed by atoms with Crippen molar-refractivity contribution in [2.45, 2.75) is 45.3 Å². The third-order valence-electron chi connectivity index (χ3n) is 5.34. The van der Waals surface area contributed by atoms with Crippen LogP contribution in [-0.2, 0) is 0 Å². The third kappa shape index (κ3) is 3.76. The van der Waals surface area contributed by atoms with Gasteiger partial charge in [-0.1, -0.05) is 13.0 Å². The molecule has 0 aromatic carbocycles. The summed E-state index contributed by atoms with van der Waals surface area (Å²) >= 11 is 0. The Morgan fingerprint density at radius 1 is 1.50 bits per heavy atom. The van der Waals surface area contributed by atoms with E-state index < -0.39 is 0 Å². The van der Waals surface area contributed by atoms with E-state index in [2.05, 4.69) is 23.3 Å². The summed E-state index contributed by atoms with van der Waals surface area (Å²) in [7, 11) is 1.89. The lowest BCUT2D eigenvalue weighted by Gasteiger charge is -2.36. The van der Waals surface area contributed by atoms with Gasteiger partial charge in [0.2, 0.25) is 5.88 Å². The van der Waals surface area contributed by atoms with Crippen molar-refractivity contribution >= 4 is 11.5 Å². The minimum Gasteiger partial charge on any atom is -0.472 e. The van der Waals surface area contributed by atoms with E-state index in [1.807, 2.05) is 26.2 Å². The number of aromatic nitrogens is 1. The molecule has 0 radical (unpaired) electrons. The van der Waals surface area contributed by atoms with Crippen LogP contribution in [0.3, 0.4) is 0 Å². The highest BCUT2D eigenvalue weighted by molar-refractivity contribution is 5.97. The number of nitrogens with zero attached hydrogens (tertiary/aromatic N) is 2. The molecule has 3 atom stereocenters. The maximum atomic E-state index is 13.2. The molecule has 0 fully saturated rings. The van der Waals surface area contributed by atoms with Gasteiger partial charge in [-0.05, 0) is 50.4 Å². The van der Waals surface area contributed by atoms with E-state index in [4.69, 9.17) is 4.74 Å². The largest absolute Gasteiger partial charge is 0.472 e. The van der Waals surface area contributed by atoms with Gasteiger partial charge < -0.3 is 20.1 Å². The minimum atomic E-state index is -0.250. The molecule has 0 unspecified atom stereocenters. The molecule has 1 aromatic rings. The molecule has 142 valence electrons. The van der Waals surface area contributed by atoms with Crippen LogP contribution in [0, 0.1) is 5.92 Å². The second kappa shape index (κ2) is 8.18. The molecule has 3 rings (SSSR count). The Bertz CT molecular complexity index is 689. The molecule has 2 heterocycles. The monoisotopic (exact) mass is 359 g/mol. The van der Waals surface area contributed by atoms with Crippen molar-refractivity contribution in [3.05, 3.63) is 29.5 Å². The number of carbonyl (C=O) groups excluding carboxylic acids is 1. The van der Waals surface area contributed by atoms with Crippen molar-refractivity contribution in [2.24, 2.45) is 5.92 Å². The molecule has 0 saturated heterocycles. The van der Waals surface area contributed by atoms with Gasteiger partial charge in [0.05, 0.1) is 12.6 Å². The molecule has 2 N–H and O–H groups in total. The number of amides is 1. The van der Waals surface area contributed by atoms with Gasteiger partial charge >= 0.3 is 0 Å². The minimum absolute atomic E-state index is 0.0659. The van der Waals surface area contributed by atoms with E-state index in [-0.39, 0.29) is 30.6 Å². The Kier molecular flexibility index (Phi) is 5.94. The highest BCUT2D eigenvalue weighted by Gasteiger charge is 2.33. The first-order valence-corrected chi connectivity index (χ1v) is 9.47. The fourth-order valence-corrected chi connectivity index (χ4v) is 3.66. The number of carbonyl (C=O) groups is 1. The number of fused-ring (bicyclic) bond motifs is 1. The molecule has 6 heteroatoms. The first-order chi connectivity index (χ1) is 12.5. The molecule has 0 bridgehead atoms. The Labute approximate surface area is 155 Å². The molecular formula is C20H29N3O3. The van der Waals surface area contributed by atoms with Crippen LogP contribution >= 0.6 is 0 Å². The van der Waals surface area contributed by atoms with Crippen LogP contribution in [0.1, 0.15) is 49.0 Å². The number of ether oxygens (including phenoxy) is 1. The lowest BCUT2D eigenvalue weighted by atomic mass is 9.99. The van der Waals surface area contributed by atoms with E-state index in [1.165, 1.54) is 5.57 Å². The second-order valence-corrected chi connectivity index (χ2v) is 7.38. The molecule has 6 nitrogen and oxygen atoms in total. The quantitative estimate of drug-likeness (QED) is 0.842. The highest BCUT2D eigenvalue weighted by atomic mass is 16.5. The highest BCUT2D eigenvalue weighted by Crippen LogP contribution is 2.32. The fourth-order valence-electron chi connectivity index (χ4n) is 3.66. The zero-order valence-corrected chi connectivity index (χ0v) is 15.9. The van der Waals surface area contributed by atoms with Gasteiger partial charge in [-0.3, -0.25) is 4.79 Å². The molecular weight excluding hydrogens is 330 g/mol. The number of hydrogen-bond acceptors (Lipinski definition) is 5. The van der Waals surface area contributed by atoms with Crippen molar-refractivity contribution in [1.82, 2.24) is 15.2 Å². The summed E-state index contributed by atoms with van der Waals surface area (Å²) < 4.78 is 6.14. The van der Waals surface area contributed by atoms with Gasteiger partial charge in [0.25, 0.3) is 5.91 Å². The molecule has 0 spiro atoms. The van der Waals surface area contributed by atoms with Crippen LogP contribution < -0.4 is 10.1 Å². The van der Waals surface area contributed by atoms with Crippen LogP contribution in [0.25, 0.3) is 5.57 Å². The van der Waals surface area contributed by atoms with E-state index >= 15 is 0 Å². The number of allylic oxidation sites excluding steroid dienone is 2. The average molecular weight is 359 g/mol. The molecule has 26 heavy (non-hydrogen) atoms. The number of hydrogen-bond donors (Lipinski definition) is 2. The van der Waals surface area contributed by atoms with E-state index in [1.54, 1.807) is 4.90 Å². The number of rotatable bonds is 5. The van der Waals surface area contributed by atoms with Crippen LogP contribution in [0.15, 0.2) is 18.3 Å². The summed E-state index contributed by atoms with van der Waals surface area (Å²) in [5.41, 5.74) is 2.73. The number of likely N-dealkylation sites (N-methyl/N-ethyl adjacent to an activating group) is 1. The SMILES string of the molecule is CNC[C@H]1Oc2ncc(C3=CCCC3)cc2C(=O)N([C@H](C)CO)C[C@H]1C. The van der Waals surface area contributed by atoms with Crippen LogP contribution in [-0.4, -0.2) is 59.8 Å². The summed E-state index contributed by atoms with van der Waals surface area (Å²) in [4.78, 5) is 19.5. The topological polar surface area (TPSA) is 74.7 Å². The molecule has 1 aliphatic heterocycles.